The van der Waals surface area contributed by atoms with Crippen molar-refractivity contribution in [2.24, 2.45) is 5.92 Å². The Kier molecular flexibility index (Phi) is 5.66. The molecule has 3 nitrogen and oxygen atoms in total. The molecule has 18 heavy (non-hydrogen) atoms. The van der Waals surface area contributed by atoms with Crippen molar-refractivity contribution in [1.29, 1.82) is 0 Å². The first-order chi connectivity index (χ1) is 8.49. The molecular weight excluding hydrogens is 248 g/mol. The highest BCUT2D eigenvalue weighted by Crippen LogP contribution is 2.34. The molecule has 4 heteroatoms. The predicted molar refractivity (Wildman–Crippen MR) is 74.9 cm³/mol. The quantitative estimate of drug-likeness (QED) is 0.799. The maximum absolute atomic E-state index is 11.2. The van der Waals surface area contributed by atoms with Crippen LogP contribution in [0.2, 0.25) is 0 Å². The van der Waals surface area contributed by atoms with Crippen molar-refractivity contribution >= 4 is 17.3 Å². The first-order valence-corrected chi connectivity index (χ1v) is 7.30. The Bertz CT molecular complexity index is 392. The Morgan fingerprint density at radius 1 is 1.39 bits per heavy atom. The van der Waals surface area contributed by atoms with Gasteiger partial charge in [0.2, 0.25) is 0 Å². The minimum absolute atomic E-state index is 0.324. The van der Waals surface area contributed by atoms with E-state index in [-0.39, 0.29) is 0 Å². The highest BCUT2D eigenvalue weighted by atomic mass is 32.1. The largest absolute Gasteiger partial charge is 0.491 e. The van der Waals surface area contributed by atoms with E-state index in [1.54, 1.807) is 0 Å². The van der Waals surface area contributed by atoms with Crippen LogP contribution >= 0.6 is 11.3 Å². The van der Waals surface area contributed by atoms with Gasteiger partial charge in [0.25, 0.3) is 0 Å². The molecule has 1 N–H and O–H groups in total. The van der Waals surface area contributed by atoms with Crippen LogP contribution in [0.5, 0.6) is 5.75 Å². The van der Waals surface area contributed by atoms with Gasteiger partial charge < -0.3 is 9.84 Å². The monoisotopic (exact) mass is 270 g/mol. The third-order valence-electron chi connectivity index (χ3n) is 3.11. The van der Waals surface area contributed by atoms with Gasteiger partial charge in [-0.1, -0.05) is 40.5 Å². The van der Waals surface area contributed by atoms with Crippen molar-refractivity contribution in [3.05, 3.63) is 15.8 Å². The lowest BCUT2D eigenvalue weighted by Gasteiger charge is -2.13. The molecule has 0 aliphatic rings. The summed E-state index contributed by atoms with van der Waals surface area (Å²) in [6.45, 7) is 8.97. The summed E-state index contributed by atoms with van der Waals surface area (Å²) in [5, 5.41) is 9.17. The Morgan fingerprint density at radius 2 is 2.00 bits per heavy atom. The molecule has 0 spiro atoms. The molecule has 1 aromatic heterocycles. The van der Waals surface area contributed by atoms with E-state index in [4.69, 9.17) is 4.74 Å². The number of thiophene rings is 1. The second-order valence-electron chi connectivity index (χ2n) is 4.80. The van der Waals surface area contributed by atoms with Gasteiger partial charge in [0.15, 0.2) is 4.88 Å². The molecule has 0 atom stereocenters. The zero-order valence-electron chi connectivity index (χ0n) is 11.5. The maximum Gasteiger partial charge on any atom is 0.349 e. The summed E-state index contributed by atoms with van der Waals surface area (Å²) in [6, 6.07) is 1.88. The lowest BCUT2D eigenvalue weighted by Crippen LogP contribution is -2.11. The first-order valence-electron chi connectivity index (χ1n) is 6.49. The standard InChI is InChI=1S/C14H22O3S/c1-5-10(6-2)8-17-11-7-12(9(3)4)18-13(11)14(15)16/h7,9-10H,5-6,8H2,1-4H3,(H,15,16). The molecule has 0 aromatic carbocycles. The minimum Gasteiger partial charge on any atom is -0.491 e. The summed E-state index contributed by atoms with van der Waals surface area (Å²) in [5.74, 6) is 0.460. The Hall–Kier alpha value is -1.03. The molecule has 0 aliphatic carbocycles. The zero-order valence-corrected chi connectivity index (χ0v) is 12.3. The second-order valence-corrected chi connectivity index (χ2v) is 5.88. The average molecular weight is 270 g/mol. The number of rotatable bonds is 7. The van der Waals surface area contributed by atoms with Gasteiger partial charge in [-0.15, -0.1) is 11.3 Å². The van der Waals surface area contributed by atoms with Gasteiger partial charge >= 0.3 is 5.97 Å². The number of carbonyl (C=O) groups is 1. The normalized spacial score (nSPS) is 11.2. The van der Waals surface area contributed by atoms with Crippen LogP contribution in [-0.2, 0) is 0 Å². The van der Waals surface area contributed by atoms with E-state index in [0.717, 1.165) is 17.7 Å². The summed E-state index contributed by atoms with van der Waals surface area (Å²) in [5.41, 5.74) is 0. The number of carboxylic acids is 1. The van der Waals surface area contributed by atoms with Crippen LogP contribution in [0.3, 0.4) is 0 Å². The van der Waals surface area contributed by atoms with Crippen molar-refractivity contribution in [2.45, 2.75) is 46.5 Å². The summed E-state index contributed by atoms with van der Waals surface area (Å²) in [7, 11) is 0. The molecule has 0 saturated heterocycles. The third kappa shape index (κ3) is 3.73. The molecule has 0 unspecified atom stereocenters. The zero-order chi connectivity index (χ0) is 13.7. The van der Waals surface area contributed by atoms with E-state index in [1.165, 1.54) is 11.3 Å². The number of ether oxygens (including phenoxy) is 1. The van der Waals surface area contributed by atoms with Crippen molar-refractivity contribution in [2.75, 3.05) is 6.61 Å². The molecule has 0 amide bonds. The van der Waals surface area contributed by atoms with Crippen LogP contribution < -0.4 is 4.74 Å². The average Bonchev–Trinajstić information content (AvgIpc) is 2.75. The number of hydrogen-bond donors (Lipinski definition) is 1. The third-order valence-corrected chi connectivity index (χ3v) is 4.51. The fraction of sp³-hybridized carbons (Fsp3) is 0.643. The van der Waals surface area contributed by atoms with Gasteiger partial charge in [0, 0.05) is 4.88 Å². The summed E-state index contributed by atoms with van der Waals surface area (Å²) in [6.07, 6.45) is 2.11. The lowest BCUT2D eigenvalue weighted by molar-refractivity contribution is 0.0697. The fourth-order valence-corrected chi connectivity index (χ4v) is 2.61. The van der Waals surface area contributed by atoms with E-state index in [1.807, 2.05) is 6.07 Å². The molecule has 0 bridgehead atoms. The van der Waals surface area contributed by atoms with Crippen molar-refractivity contribution in [3.63, 3.8) is 0 Å². The first kappa shape index (κ1) is 15.0. The van der Waals surface area contributed by atoms with Gasteiger partial charge in [-0.2, -0.15) is 0 Å². The van der Waals surface area contributed by atoms with E-state index < -0.39 is 5.97 Å². The fourth-order valence-electron chi connectivity index (χ4n) is 1.67. The molecule has 0 aliphatic heterocycles. The van der Waals surface area contributed by atoms with Gasteiger partial charge in [0.05, 0.1) is 6.61 Å². The Balaban J connectivity index is 2.83. The van der Waals surface area contributed by atoms with Crippen LogP contribution in [0, 0.1) is 5.92 Å². The van der Waals surface area contributed by atoms with Crippen LogP contribution in [-0.4, -0.2) is 17.7 Å². The van der Waals surface area contributed by atoms with Crippen LogP contribution in [0.4, 0.5) is 0 Å². The highest BCUT2D eigenvalue weighted by molar-refractivity contribution is 7.14. The van der Waals surface area contributed by atoms with Crippen LogP contribution in [0.25, 0.3) is 0 Å². The summed E-state index contributed by atoms with van der Waals surface area (Å²) < 4.78 is 5.70. The van der Waals surface area contributed by atoms with Crippen LogP contribution in [0.1, 0.15) is 61.0 Å². The molecule has 1 heterocycles. The molecule has 0 radical (unpaired) electrons. The van der Waals surface area contributed by atoms with E-state index in [9.17, 15) is 9.90 Å². The van der Waals surface area contributed by atoms with Gasteiger partial charge in [-0.25, -0.2) is 4.79 Å². The number of hydrogen-bond acceptors (Lipinski definition) is 3. The van der Waals surface area contributed by atoms with Crippen molar-refractivity contribution in [3.8, 4) is 5.75 Å². The molecule has 102 valence electrons. The molecule has 0 fully saturated rings. The molecule has 1 rings (SSSR count). The topological polar surface area (TPSA) is 46.5 Å². The van der Waals surface area contributed by atoms with Crippen molar-refractivity contribution < 1.29 is 14.6 Å². The van der Waals surface area contributed by atoms with E-state index in [0.29, 0.717) is 29.1 Å². The predicted octanol–water partition coefficient (Wildman–Crippen LogP) is 4.38. The molecule has 1 aromatic rings. The van der Waals surface area contributed by atoms with E-state index >= 15 is 0 Å². The minimum atomic E-state index is -0.897. The van der Waals surface area contributed by atoms with Gasteiger partial charge in [0.1, 0.15) is 5.75 Å². The Labute approximate surface area is 113 Å². The van der Waals surface area contributed by atoms with Crippen LogP contribution in [0.15, 0.2) is 6.07 Å². The maximum atomic E-state index is 11.2. The molecular formula is C14H22O3S. The lowest BCUT2D eigenvalue weighted by atomic mass is 10.1. The highest BCUT2D eigenvalue weighted by Gasteiger charge is 2.19. The number of carboxylic acid groups (broad SMARTS) is 1. The number of aromatic carboxylic acids is 1. The van der Waals surface area contributed by atoms with Crippen molar-refractivity contribution in [1.82, 2.24) is 0 Å². The smallest absolute Gasteiger partial charge is 0.349 e. The second kappa shape index (κ2) is 6.78. The summed E-state index contributed by atoms with van der Waals surface area (Å²) >= 11 is 1.32. The SMILES string of the molecule is CCC(CC)COc1cc(C(C)C)sc1C(=O)O. The van der Waals surface area contributed by atoms with E-state index in [2.05, 4.69) is 27.7 Å². The summed E-state index contributed by atoms with van der Waals surface area (Å²) in [4.78, 5) is 12.6. The Morgan fingerprint density at radius 3 is 2.44 bits per heavy atom. The van der Waals surface area contributed by atoms with Gasteiger partial charge in [-0.3, -0.25) is 0 Å². The molecule has 0 saturated carbocycles. The van der Waals surface area contributed by atoms with Gasteiger partial charge in [-0.05, 0) is 17.9 Å².